The molecule has 0 bridgehead atoms. The van der Waals surface area contributed by atoms with Crippen molar-refractivity contribution in [1.29, 1.82) is 0 Å². The smallest absolute Gasteiger partial charge is 0.304 e. The van der Waals surface area contributed by atoms with Crippen LogP contribution in [0.1, 0.15) is 32.1 Å². The van der Waals surface area contributed by atoms with Gasteiger partial charge in [-0.1, -0.05) is 0 Å². The Morgan fingerprint density at radius 1 is 1.10 bits per heavy atom. The number of carbonyl (C=O) groups is 1. The summed E-state index contributed by atoms with van der Waals surface area (Å²) in [6.07, 6.45) is 4.03. The predicted octanol–water partition coefficient (Wildman–Crippen LogP) is 0.599. The van der Waals surface area contributed by atoms with E-state index in [2.05, 4.69) is 4.90 Å². The van der Waals surface area contributed by atoms with Gasteiger partial charge in [-0.3, -0.25) is 4.79 Å². The van der Waals surface area contributed by atoms with Crippen molar-refractivity contribution >= 4 is 16.0 Å². The molecule has 0 atom stereocenters. The molecule has 0 aliphatic carbocycles. The highest BCUT2D eigenvalue weighted by molar-refractivity contribution is 7.89. The molecule has 2 heterocycles. The van der Waals surface area contributed by atoms with E-state index in [1.165, 1.54) is 30.2 Å². The van der Waals surface area contributed by atoms with Crippen molar-refractivity contribution in [2.75, 3.05) is 38.5 Å². The molecule has 2 fully saturated rings. The second-order valence-corrected chi connectivity index (χ2v) is 7.90. The minimum absolute atomic E-state index is 0.279. The zero-order valence-corrected chi connectivity index (χ0v) is 12.6. The zero-order valence-electron chi connectivity index (χ0n) is 11.8. The lowest BCUT2D eigenvalue weighted by atomic mass is 9.98. The van der Waals surface area contributed by atoms with Crippen LogP contribution in [0.4, 0.5) is 0 Å². The Morgan fingerprint density at radius 3 is 2.25 bits per heavy atom. The van der Waals surface area contributed by atoms with Crippen LogP contribution in [-0.2, 0) is 14.8 Å². The standard InChI is InChI=1S/C13H24N2O4S/c16-13(17)5-10-20(18,19)15-8-3-12(4-9-15)11-14-6-1-2-7-14/h12H,1-11H2,(H,16,17). The number of hydrogen-bond donors (Lipinski definition) is 1. The maximum Gasteiger partial charge on any atom is 0.304 e. The summed E-state index contributed by atoms with van der Waals surface area (Å²) < 4.78 is 25.5. The van der Waals surface area contributed by atoms with E-state index in [4.69, 9.17) is 5.11 Å². The lowest BCUT2D eigenvalue weighted by molar-refractivity contribution is -0.136. The molecule has 0 aromatic rings. The second kappa shape index (κ2) is 6.87. The van der Waals surface area contributed by atoms with Crippen LogP contribution in [0.2, 0.25) is 0 Å². The Morgan fingerprint density at radius 2 is 1.70 bits per heavy atom. The summed E-state index contributed by atoms with van der Waals surface area (Å²) in [5.41, 5.74) is 0. The van der Waals surface area contributed by atoms with Crippen LogP contribution < -0.4 is 0 Å². The van der Waals surface area contributed by atoms with Crippen molar-refractivity contribution in [3.63, 3.8) is 0 Å². The number of nitrogens with zero attached hydrogens (tertiary/aromatic N) is 2. The fourth-order valence-corrected chi connectivity index (χ4v) is 4.50. The van der Waals surface area contributed by atoms with Gasteiger partial charge in [-0.25, -0.2) is 12.7 Å². The van der Waals surface area contributed by atoms with Gasteiger partial charge in [0.05, 0.1) is 12.2 Å². The van der Waals surface area contributed by atoms with Gasteiger partial charge in [-0.05, 0) is 44.7 Å². The predicted molar refractivity (Wildman–Crippen MR) is 76.0 cm³/mol. The molecule has 7 heteroatoms. The molecule has 6 nitrogen and oxygen atoms in total. The third-order valence-electron chi connectivity index (χ3n) is 4.26. The van der Waals surface area contributed by atoms with Crippen molar-refractivity contribution in [3.05, 3.63) is 0 Å². The zero-order chi connectivity index (χ0) is 14.6. The number of aliphatic carboxylic acids is 1. The highest BCUT2D eigenvalue weighted by Crippen LogP contribution is 2.22. The van der Waals surface area contributed by atoms with Gasteiger partial charge in [-0.15, -0.1) is 0 Å². The molecule has 0 unspecified atom stereocenters. The molecule has 1 N–H and O–H groups in total. The van der Waals surface area contributed by atoms with Gasteiger partial charge in [0.1, 0.15) is 0 Å². The van der Waals surface area contributed by atoms with Crippen molar-refractivity contribution in [1.82, 2.24) is 9.21 Å². The molecule has 0 amide bonds. The monoisotopic (exact) mass is 304 g/mol. The normalized spacial score (nSPS) is 23.2. The van der Waals surface area contributed by atoms with Crippen molar-refractivity contribution in [3.8, 4) is 0 Å². The van der Waals surface area contributed by atoms with Crippen LogP contribution in [0.15, 0.2) is 0 Å². The molecule has 0 aromatic carbocycles. The number of rotatable bonds is 6. The fraction of sp³-hybridized carbons (Fsp3) is 0.923. The molecule has 0 aromatic heterocycles. The molecular formula is C13H24N2O4S. The molecule has 116 valence electrons. The number of carboxylic acids is 1. The number of hydrogen-bond acceptors (Lipinski definition) is 4. The van der Waals surface area contributed by atoms with Gasteiger partial charge in [-0.2, -0.15) is 0 Å². The van der Waals surface area contributed by atoms with E-state index in [1.807, 2.05) is 0 Å². The second-order valence-electron chi connectivity index (χ2n) is 5.81. The van der Waals surface area contributed by atoms with Gasteiger partial charge in [0.25, 0.3) is 0 Å². The minimum Gasteiger partial charge on any atom is -0.481 e. The molecule has 2 aliphatic rings. The van der Waals surface area contributed by atoms with Crippen LogP contribution in [0, 0.1) is 5.92 Å². The maximum absolute atomic E-state index is 12.0. The van der Waals surface area contributed by atoms with E-state index in [-0.39, 0.29) is 12.2 Å². The van der Waals surface area contributed by atoms with Crippen LogP contribution in [0.5, 0.6) is 0 Å². The van der Waals surface area contributed by atoms with Crippen LogP contribution in [0.3, 0.4) is 0 Å². The molecule has 2 rings (SSSR count). The summed E-state index contributed by atoms with van der Waals surface area (Å²) in [5, 5.41) is 8.59. The average Bonchev–Trinajstić information content (AvgIpc) is 2.90. The summed E-state index contributed by atoms with van der Waals surface area (Å²) in [4.78, 5) is 13.0. The largest absolute Gasteiger partial charge is 0.481 e. The highest BCUT2D eigenvalue weighted by Gasteiger charge is 2.29. The number of sulfonamides is 1. The summed E-state index contributed by atoms with van der Waals surface area (Å²) >= 11 is 0. The van der Waals surface area contributed by atoms with Crippen molar-refractivity contribution in [2.45, 2.75) is 32.1 Å². The lowest BCUT2D eigenvalue weighted by Gasteiger charge is -2.33. The van der Waals surface area contributed by atoms with Gasteiger partial charge >= 0.3 is 5.97 Å². The average molecular weight is 304 g/mol. The van der Waals surface area contributed by atoms with Crippen LogP contribution in [0.25, 0.3) is 0 Å². The Balaban J connectivity index is 1.76. The molecule has 2 saturated heterocycles. The maximum atomic E-state index is 12.0. The Labute approximate surface area is 120 Å². The number of piperidine rings is 1. The first-order valence-electron chi connectivity index (χ1n) is 7.39. The summed E-state index contributed by atoms with van der Waals surface area (Å²) in [6, 6.07) is 0. The molecule has 20 heavy (non-hydrogen) atoms. The fourth-order valence-electron chi connectivity index (χ4n) is 3.05. The third-order valence-corrected chi connectivity index (χ3v) is 6.13. The lowest BCUT2D eigenvalue weighted by Crippen LogP contribution is -2.42. The first-order valence-corrected chi connectivity index (χ1v) is 9.00. The number of likely N-dealkylation sites (tertiary alicyclic amines) is 1. The molecule has 2 aliphatic heterocycles. The van der Waals surface area contributed by atoms with E-state index < -0.39 is 16.0 Å². The molecule has 0 spiro atoms. The van der Waals surface area contributed by atoms with E-state index in [9.17, 15) is 13.2 Å². The van der Waals surface area contributed by atoms with Gasteiger partial charge in [0.15, 0.2) is 0 Å². The van der Waals surface area contributed by atoms with E-state index in [0.717, 1.165) is 19.4 Å². The van der Waals surface area contributed by atoms with Gasteiger partial charge in [0, 0.05) is 19.6 Å². The van der Waals surface area contributed by atoms with E-state index >= 15 is 0 Å². The highest BCUT2D eigenvalue weighted by atomic mass is 32.2. The topological polar surface area (TPSA) is 77.9 Å². The summed E-state index contributed by atoms with van der Waals surface area (Å²) in [6.45, 7) is 4.53. The summed E-state index contributed by atoms with van der Waals surface area (Å²) in [5.74, 6) is -0.754. The summed E-state index contributed by atoms with van der Waals surface area (Å²) in [7, 11) is -3.39. The van der Waals surface area contributed by atoms with Crippen molar-refractivity contribution < 1.29 is 18.3 Å². The van der Waals surface area contributed by atoms with Gasteiger partial charge in [0.2, 0.25) is 10.0 Å². The first kappa shape index (κ1) is 15.7. The Hall–Kier alpha value is -0.660. The van der Waals surface area contributed by atoms with Crippen molar-refractivity contribution in [2.24, 2.45) is 5.92 Å². The van der Waals surface area contributed by atoms with Gasteiger partial charge < -0.3 is 10.0 Å². The number of carboxylic acid groups (broad SMARTS) is 1. The Kier molecular flexibility index (Phi) is 5.40. The molecular weight excluding hydrogens is 280 g/mol. The minimum atomic E-state index is -3.39. The van der Waals surface area contributed by atoms with Crippen LogP contribution >= 0.6 is 0 Å². The van der Waals surface area contributed by atoms with E-state index in [0.29, 0.717) is 19.0 Å². The Bertz CT molecular complexity index is 424. The first-order chi connectivity index (χ1) is 9.47. The van der Waals surface area contributed by atoms with Crippen LogP contribution in [-0.4, -0.2) is 67.2 Å². The van der Waals surface area contributed by atoms with E-state index in [1.54, 1.807) is 0 Å². The SMILES string of the molecule is O=C(O)CCS(=O)(=O)N1CCC(CN2CCCC2)CC1. The quantitative estimate of drug-likeness (QED) is 0.777. The molecule has 0 saturated carbocycles. The molecule has 0 radical (unpaired) electrons. The third kappa shape index (κ3) is 4.43.